The summed E-state index contributed by atoms with van der Waals surface area (Å²) in [5.41, 5.74) is 0.782. The first-order chi connectivity index (χ1) is 7.16. The van der Waals surface area contributed by atoms with Gasteiger partial charge in [-0.25, -0.2) is 0 Å². The summed E-state index contributed by atoms with van der Waals surface area (Å²) in [4.78, 5) is 10.4. The molecule has 0 atom stereocenters. The summed E-state index contributed by atoms with van der Waals surface area (Å²) in [6.45, 7) is 0. The zero-order valence-electron chi connectivity index (χ0n) is 7.87. The van der Waals surface area contributed by atoms with E-state index in [2.05, 4.69) is 15.9 Å². The van der Waals surface area contributed by atoms with Crippen molar-refractivity contribution in [3.8, 4) is 0 Å². The quantitative estimate of drug-likeness (QED) is 0.930. The zero-order chi connectivity index (χ0) is 10.8. The summed E-state index contributed by atoms with van der Waals surface area (Å²) >= 11 is 3.41. The fourth-order valence-corrected chi connectivity index (χ4v) is 1.89. The van der Waals surface area contributed by atoms with E-state index in [4.69, 9.17) is 9.52 Å². The Kier molecular flexibility index (Phi) is 2.77. The van der Waals surface area contributed by atoms with Crippen molar-refractivity contribution in [1.82, 2.24) is 0 Å². The van der Waals surface area contributed by atoms with E-state index >= 15 is 0 Å². The van der Waals surface area contributed by atoms with Gasteiger partial charge in [0.15, 0.2) is 0 Å². The van der Waals surface area contributed by atoms with Crippen LogP contribution in [0.3, 0.4) is 0 Å². The largest absolute Gasteiger partial charge is 0.481 e. The molecule has 0 amide bonds. The van der Waals surface area contributed by atoms with Crippen LogP contribution in [0.25, 0.3) is 11.0 Å². The molecule has 0 spiro atoms. The van der Waals surface area contributed by atoms with Crippen molar-refractivity contribution in [3.63, 3.8) is 0 Å². The molecule has 0 aliphatic heterocycles. The lowest BCUT2D eigenvalue weighted by atomic mass is 10.2. The summed E-state index contributed by atoms with van der Waals surface area (Å²) in [6.07, 6.45) is 0.522. The second-order valence-corrected chi connectivity index (χ2v) is 4.11. The maximum Gasteiger partial charge on any atom is 0.303 e. The third-order valence-corrected chi connectivity index (χ3v) is 2.84. The molecule has 0 saturated heterocycles. The molecule has 0 unspecified atom stereocenters. The highest BCUT2D eigenvalue weighted by Gasteiger charge is 2.07. The number of aryl methyl sites for hydroxylation is 1. The van der Waals surface area contributed by atoms with Crippen LogP contribution in [0.15, 0.2) is 33.2 Å². The van der Waals surface area contributed by atoms with Crippen LogP contribution in [-0.4, -0.2) is 11.1 Å². The molecule has 1 N–H and O–H groups in total. The Labute approximate surface area is 94.8 Å². The SMILES string of the molecule is O=C(O)CCc1cc2c(Br)cccc2o1. The Bertz CT molecular complexity index is 502. The van der Waals surface area contributed by atoms with Crippen LogP contribution < -0.4 is 0 Å². The van der Waals surface area contributed by atoms with E-state index in [9.17, 15) is 4.79 Å². The molecular weight excluding hydrogens is 260 g/mol. The highest BCUT2D eigenvalue weighted by Crippen LogP contribution is 2.27. The lowest BCUT2D eigenvalue weighted by Gasteiger charge is -1.90. The Hall–Kier alpha value is -1.29. The predicted molar refractivity (Wildman–Crippen MR) is 59.9 cm³/mol. The first kappa shape index (κ1) is 10.2. The van der Waals surface area contributed by atoms with E-state index < -0.39 is 5.97 Å². The minimum atomic E-state index is -0.811. The van der Waals surface area contributed by atoms with Crippen LogP contribution in [0.2, 0.25) is 0 Å². The van der Waals surface area contributed by atoms with E-state index in [0.717, 1.165) is 15.4 Å². The highest BCUT2D eigenvalue weighted by molar-refractivity contribution is 9.10. The first-order valence-electron chi connectivity index (χ1n) is 4.55. The van der Waals surface area contributed by atoms with Crippen molar-refractivity contribution in [2.45, 2.75) is 12.8 Å². The molecule has 2 rings (SSSR count). The van der Waals surface area contributed by atoms with Crippen LogP contribution >= 0.6 is 15.9 Å². The summed E-state index contributed by atoms with van der Waals surface area (Å²) in [5, 5.41) is 9.54. The Balaban J connectivity index is 2.31. The fraction of sp³-hybridized carbons (Fsp3) is 0.182. The second kappa shape index (κ2) is 4.06. The maximum atomic E-state index is 10.4. The van der Waals surface area contributed by atoms with Crippen molar-refractivity contribution in [1.29, 1.82) is 0 Å². The van der Waals surface area contributed by atoms with Gasteiger partial charge >= 0.3 is 5.97 Å². The molecule has 1 aromatic carbocycles. The van der Waals surface area contributed by atoms with Gasteiger partial charge in [0.05, 0.1) is 6.42 Å². The smallest absolute Gasteiger partial charge is 0.303 e. The summed E-state index contributed by atoms with van der Waals surface area (Å²) < 4.78 is 6.47. The molecule has 4 heteroatoms. The van der Waals surface area contributed by atoms with E-state index in [1.807, 2.05) is 24.3 Å². The molecule has 15 heavy (non-hydrogen) atoms. The van der Waals surface area contributed by atoms with Crippen LogP contribution in [0.5, 0.6) is 0 Å². The van der Waals surface area contributed by atoms with Crippen molar-refractivity contribution >= 4 is 32.9 Å². The molecule has 0 aliphatic rings. The number of rotatable bonds is 3. The lowest BCUT2D eigenvalue weighted by Crippen LogP contribution is -1.95. The number of carboxylic acid groups (broad SMARTS) is 1. The Morgan fingerprint density at radius 3 is 2.93 bits per heavy atom. The van der Waals surface area contributed by atoms with E-state index in [0.29, 0.717) is 12.2 Å². The Morgan fingerprint density at radius 2 is 2.27 bits per heavy atom. The molecule has 0 aliphatic carbocycles. The van der Waals surface area contributed by atoms with Crippen LogP contribution in [0.1, 0.15) is 12.2 Å². The van der Waals surface area contributed by atoms with Crippen LogP contribution in [0.4, 0.5) is 0 Å². The third kappa shape index (κ3) is 2.21. The van der Waals surface area contributed by atoms with Gasteiger partial charge < -0.3 is 9.52 Å². The number of furan rings is 1. The second-order valence-electron chi connectivity index (χ2n) is 3.26. The van der Waals surface area contributed by atoms with Gasteiger partial charge in [-0.1, -0.05) is 22.0 Å². The Morgan fingerprint density at radius 1 is 1.47 bits per heavy atom. The molecule has 3 nitrogen and oxygen atoms in total. The molecular formula is C11H9BrO3. The normalized spacial score (nSPS) is 10.7. The number of aliphatic carboxylic acids is 1. The van der Waals surface area contributed by atoms with E-state index in [-0.39, 0.29) is 6.42 Å². The average Bonchev–Trinajstić information content (AvgIpc) is 2.59. The number of hydrogen-bond acceptors (Lipinski definition) is 2. The van der Waals surface area contributed by atoms with Gasteiger partial charge in [-0.15, -0.1) is 0 Å². The molecule has 0 radical (unpaired) electrons. The van der Waals surface area contributed by atoms with Gasteiger partial charge in [-0.2, -0.15) is 0 Å². The third-order valence-electron chi connectivity index (χ3n) is 2.14. The minimum absolute atomic E-state index is 0.0947. The summed E-state index contributed by atoms with van der Waals surface area (Å²) in [7, 11) is 0. The van der Waals surface area contributed by atoms with E-state index in [1.165, 1.54) is 0 Å². The fourth-order valence-electron chi connectivity index (χ4n) is 1.43. The van der Waals surface area contributed by atoms with Gasteiger partial charge in [0, 0.05) is 16.3 Å². The predicted octanol–water partition coefficient (Wildman–Crippen LogP) is 3.21. The van der Waals surface area contributed by atoms with Crippen molar-refractivity contribution in [2.75, 3.05) is 0 Å². The van der Waals surface area contributed by atoms with Gasteiger partial charge in [0.25, 0.3) is 0 Å². The first-order valence-corrected chi connectivity index (χ1v) is 5.35. The monoisotopic (exact) mass is 268 g/mol. The maximum absolute atomic E-state index is 10.4. The van der Waals surface area contributed by atoms with E-state index in [1.54, 1.807) is 0 Å². The number of fused-ring (bicyclic) bond motifs is 1. The van der Waals surface area contributed by atoms with Crippen LogP contribution in [-0.2, 0) is 11.2 Å². The average molecular weight is 269 g/mol. The van der Waals surface area contributed by atoms with Gasteiger partial charge in [0.2, 0.25) is 0 Å². The summed E-state index contributed by atoms with van der Waals surface area (Å²) in [5.74, 6) is -0.103. The lowest BCUT2D eigenvalue weighted by molar-refractivity contribution is -0.137. The number of benzene rings is 1. The topological polar surface area (TPSA) is 50.4 Å². The molecule has 1 heterocycles. The molecule has 2 aromatic rings. The van der Waals surface area contributed by atoms with Crippen molar-refractivity contribution in [3.05, 3.63) is 34.5 Å². The number of hydrogen-bond donors (Lipinski definition) is 1. The van der Waals surface area contributed by atoms with Gasteiger partial charge in [-0.3, -0.25) is 4.79 Å². The zero-order valence-corrected chi connectivity index (χ0v) is 9.45. The number of carboxylic acids is 1. The number of carbonyl (C=O) groups is 1. The van der Waals surface area contributed by atoms with Crippen LogP contribution in [0, 0.1) is 0 Å². The molecule has 0 fully saturated rings. The molecule has 1 aromatic heterocycles. The van der Waals surface area contributed by atoms with Crippen molar-refractivity contribution < 1.29 is 14.3 Å². The molecule has 0 bridgehead atoms. The highest BCUT2D eigenvalue weighted by atomic mass is 79.9. The van der Waals surface area contributed by atoms with Crippen molar-refractivity contribution in [2.24, 2.45) is 0 Å². The molecule has 0 saturated carbocycles. The van der Waals surface area contributed by atoms with Gasteiger partial charge in [-0.05, 0) is 18.2 Å². The number of halogens is 1. The minimum Gasteiger partial charge on any atom is -0.481 e. The summed E-state index contributed by atoms with van der Waals surface area (Å²) in [6, 6.07) is 7.56. The standard InChI is InChI=1S/C11H9BrO3/c12-9-2-1-3-10-8(9)6-7(15-10)4-5-11(13)14/h1-3,6H,4-5H2,(H,13,14). The molecule has 78 valence electrons. The van der Waals surface area contributed by atoms with Gasteiger partial charge in [0.1, 0.15) is 11.3 Å².